The number of amides is 1. The largest absolute Gasteiger partial charge is 0.444 e. The maximum absolute atomic E-state index is 14.6. The van der Waals surface area contributed by atoms with Crippen molar-refractivity contribution < 1.29 is 23.2 Å². The predicted octanol–water partition coefficient (Wildman–Crippen LogP) is 2.15. The second-order valence-corrected chi connectivity index (χ2v) is 7.19. The fourth-order valence-electron chi connectivity index (χ4n) is 3.12. The first-order chi connectivity index (χ1) is 14.3. The topological polar surface area (TPSA) is 133 Å². The SMILES string of the molecule is CC(Nc1ccc(C(=O)OC2(C(N)=O)CC2)nn1)(c1cnoc1)c1ccccc1F. The van der Waals surface area contributed by atoms with Gasteiger partial charge in [0.2, 0.25) is 0 Å². The van der Waals surface area contributed by atoms with Crippen LogP contribution >= 0.6 is 0 Å². The van der Waals surface area contributed by atoms with E-state index in [1.807, 2.05) is 0 Å². The third-order valence-corrected chi connectivity index (χ3v) is 5.12. The first-order valence-corrected chi connectivity index (χ1v) is 9.14. The second kappa shape index (κ2) is 7.21. The van der Waals surface area contributed by atoms with E-state index in [1.54, 1.807) is 25.1 Å². The van der Waals surface area contributed by atoms with Crippen molar-refractivity contribution in [2.75, 3.05) is 5.32 Å². The Morgan fingerprint density at radius 1 is 1.23 bits per heavy atom. The van der Waals surface area contributed by atoms with E-state index in [0.717, 1.165) is 0 Å². The van der Waals surface area contributed by atoms with Gasteiger partial charge in [0.05, 0.1) is 11.7 Å². The molecule has 3 aromatic rings. The van der Waals surface area contributed by atoms with Crippen LogP contribution in [0.2, 0.25) is 0 Å². The monoisotopic (exact) mass is 411 g/mol. The average Bonchev–Trinajstić information content (AvgIpc) is 3.30. The smallest absolute Gasteiger partial charge is 0.359 e. The third kappa shape index (κ3) is 3.47. The van der Waals surface area contributed by atoms with Gasteiger partial charge in [0.15, 0.2) is 11.3 Å². The van der Waals surface area contributed by atoms with E-state index in [0.29, 0.717) is 24.0 Å². The molecule has 1 aliphatic rings. The number of halogens is 1. The number of aromatic nitrogens is 3. The van der Waals surface area contributed by atoms with Gasteiger partial charge in [-0.05, 0) is 25.1 Å². The number of benzene rings is 1. The van der Waals surface area contributed by atoms with Crippen molar-refractivity contribution in [3.05, 3.63) is 71.5 Å². The van der Waals surface area contributed by atoms with E-state index in [-0.39, 0.29) is 11.5 Å². The van der Waals surface area contributed by atoms with Gasteiger partial charge in [-0.25, -0.2) is 9.18 Å². The molecule has 1 amide bonds. The molecule has 30 heavy (non-hydrogen) atoms. The van der Waals surface area contributed by atoms with Crippen LogP contribution < -0.4 is 11.1 Å². The minimum Gasteiger partial charge on any atom is -0.444 e. The van der Waals surface area contributed by atoms with Gasteiger partial charge in [0, 0.05) is 24.0 Å². The fourth-order valence-corrected chi connectivity index (χ4v) is 3.12. The number of hydrogen-bond donors (Lipinski definition) is 2. The Labute approximate surface area is 170 Å². The van der Waals surface area contributed by atoms with E-state index in [2.05, 4.69) is 20.7 Å². The van der Waals surface area contributed by atoms with Crippen LogP contribution in [-0.2, 0) is 15.1 Å². The molecule has 4 rings (SSSR count). The molecule has 0 saturated heterocycles. The van der Waals surface area contributed by atoms with Crippen LogP contribution in [0.4, 0.5) is 10.2 Å². The summed E-state index contributed by atoms with van der Waals surface area (Å²) in [6.45, 7) is 1.74. The van der Waals surface area contributed by atoms with Gasteiger partial charge in [-0.3, -0.25) is 4.79 Å². The number of ether oxygens (including phenoxy) is 1. The quantitative estimate of drug-likeness (QED) is 0.565. The number of hydrogen-bond acceptors (Lipinski definition) is 8. The van der Waals surface area contributed by atoms with E-state index >= 15 is 0 Å². The van der Waals surface area contributed by atoms with Crippen molar-refractivity contribution >= 4 is 17.7 Å². The maximum Gasteiger partial charge on any atom is 0.359 e. The number of anilines is 1. The summed E-state index contributed by atoms with van der Waals surface area (Å²) in [5.41, 5.74) is 3.77. The molecule has 0 radical (unpaired) electrons. The molecule has 10 heteroatoms. The first-order valence-electron chi connectivity index (χ1n) is 9.14. The van der Waals surface area contributed by atoms with Crippen molar-refractivity contribution in [2.24, 2.45) is 5.73 Å². The highest BCUT2D eigenvalue weighted by Crippen LogP contribution is 2.40. The minimum atomic E-state index is -1.24. The summed E-state index contributed by atoms with van der Waals surface area (Å²) in [6.07, 6.45) is 3.65. The van der Waals surface area contributed by atoms with Crippen LogP contribution in [0.5, 0.6) is 0 Å². The minimum absolute atomic E-state index is 0.0781. The van der Waals surface area contributed by atoms with Crippen molar-refractivity contribution in [2.45, 2.75) is 30.9 Å². The van der Waals surface area contributed by atoms with Gasteiger partial charge in [-0.2, -0.15) is 0 Å². The number of primary amides is 1. The molecule has 2 aromatic heterocycles. The van der Waals surface area contributed by atoms with Crippen LogP contribution in [0.15, 0.2) is 53.4 Å². The summed E-state index contributed by atoms with van der Waals surface area (Å²) in [5.74, 6) is -1.63. The molecule has 0 aliphatic heterocycles. The van der Waals surface area contributed by atoms with Crippen molar-refractivity contribution in [1.82, 2.24) is 15.4 Å². The summed E-state index contributed by atoms with van der Waals surface area (Å²) in [4.78, 5) is 23.6. The number of nitrogens with two attached hydrogens (primary N) is 1. The van der Waals surface area contributed by atoms with Crippen molar-refractivity contribution in [3.8, 4) is 0 Å². The molecule has 1 saturated carbocycles. The summed E-state index contributed by atoms with van der Waals surface area (Å²) in [6, 6.07) is 9.17. The Morgan fingerprint density at radius 2 is 2.00 bits per heavy atom. The Kier molecular flexibility index (Phi) is 4.69. The lowest BCUT2D eigenvalue weighted by Gasteiger charge is -2.30. The Morgan fingerprint density at radius 3 is 2.57 bits per heavy atom. The molecule has 0 spiro atoms. The number of nitrogens with zero attached hydrogens (tertiary/aromatic N) is 3. The molecule has 2 heterocycles. The van der Waals surface area contributed by atoms with Gasteiger partial charge >= 0.3 is 5.97 Å². The molecule has 0 bridgehead atoms. The van der Waals surface area contributed by atoms with Crippen LogP contribution in [0, 0.1) is 5.82 Å². The Balaban J connectivity index is 1.58. The normalized spacial score (nSPS) is 16.3. The Hall–Kier alpha value is -3.82. The van der Waals surface area contributed by atoms with Crippen LogP contribution in [0.1, 0.15) is 41.4 Å². The van der Waals surface area contributed by atoms with Crippen LogP contribution in [0.25, 0.3) is 0 Å². The molecule has 3 N–H and O–H groups in total. The zero-order valence-corrected chi connectivity index (χ0v) is 16.0. The number of esters is 1. The Bertz CT molecular complexity index is 1080. The summed E-state index contributed by atoms with van der Waals surface area (Å²) >= 11 is 0. The standard InChI is InChI=1S/C20H18FN5O4/c1-19(12-10-23-29-11-12,13-4-2-3-5-14(13)21)24-16-7-6-15(25-26-16)17(27)30-20(8-9-20)18(22)28/h2-7,10-11H,8-9H2,1H3,(H2,22,28)(H,24,26). The molecule has 1 unspecified atom stereocenters. The molecule has 1 fully saturated rings. The van der Waals surface area contributed by atoms with Gasteiger partial charge in [-0.1, -0.05) is 23.4 Å². The highest BCUT2D eigenvalue weighted by Gasteiger charge is 2.53. The summed E-state index contributed by atoms with van der Waals surface area (Å²) in [5, 5.41) is 14.7. The maximum atomic E-state index is 14.6. The van der Waals surface area contributed by atoms with Crippen LogP contribution in [-0.4, -0.2) is 32.8 Å². The molecule has 1 atom stereocenters. The van der Waals surface area contributed by atoms with E-state index in [4.69, 9.17) is 15.0 Å². The zero-order chi connectivity index (χ0) is 21.4. The van der Waals surface area contributed by atoms with Crippen molar-refractivity contribution in [3.63, 3.8) is 0 Å². The van der Waals surface area contributed by atoms with E-state index in [9.17, 15) is 14.0 Å². The lowest BCUT2D eigenvalue weighted by Crippen LogP contribution is -2.35. The van der Waals surface area contributed by atoms with Gasteiger partial charge in [0.1, 0.15) is 17.9 Å². The summed E-state index contributed by atoms with van der Waals surface area (Å²) < 4.78 is 24.7. The molecular formula is C20H18FN5O4. The third-order valence-electron chi connectivity index (χ3n) is 5.12. The van der Waals surface area contributed by atoms with Gasteiger partial charge < -0.3 is 20.3 Å². The lowest BCUT2D eigenvalue weighted by atomic mass is 9.86. The highest BCUT2D eigenvalue weighted by molar-refractivity contribution is 5.93. The second-order valence-electron chi connectivity index (χ2n) is 7.19. The van der Waals surface area contributed by atoms with Gasteiger partial charge in [-0.15, -0.1) is 10.2 Å². The number of nitrogens with one attached hydrogen (secondary N) is 1. The highest BCUT2D eigenvalue weighted by atomic mass is 19.1. The van der Waals surface area contributed by atoms with Crippen LogP contribution in [0.3, 0.4) is 0 Å². The fraction of sp³-hybridized carbons (Fsp3) is 0.250. The van der Waals surface area contributed by atoms with Gasteiger partial charge in [0.25, 0.3) is 5.91 Å². The number of carbonyl (C=O) groups is 2. The van der Waals surface area contributed by atoms with E-state index < -0.39 is 28.8 Å². The van der Waals surface area contributed by atoms with Crippen molar-refractivity contribution in [1.29, 1.82) is 0 Å². The molecular weight excluding hydrogens is 393 g/mol. The average molecular weight is 411 g/mol. The first kappa shape index (κ1) is 19.5. The predicted molar refractivity (Wildman–Crippen MR) is 102 cm³/mol. The molecule has 1 aliphatic carbocycles. The number of carbonyl (C=O) groups excluding carboxylic acids is 2. The summed E-state index contributed by atoms with van der Waals surface area (Å²) in [7, 11) is 0. The van der Waals surface area contributed by atoms with E-state index in [1.165, 1.54) is 30.7 Å². The molecule has 1 aromatic carbocycles. The molecule has 154 valence electrons. The molecule has 9 nitrogen and oxygen atoms in total. The lowest BCUT2D eigenvalue weighted by molar-refractivity contribution is -0.128. The number of rotatable bonds is 7. The zero-order valence-electron chi connectivity index (χ0n) is 16.0.